The summed E-state index contributed by atoms with van der Waals surface area (Å²) in [7, 11) is 0. The maximum Gasteiger partial charge on any atom is 0.124 e. The average molecular weight is 361 g/mol. The zero-order valence-electron chi connectivity index (χ0n) is 15.1. The third-order valence-corrected chi connectivity index (χ3v) is 4.42. The Morgan fingerprint density at radius 1 is 1.04 bits per heavy atom. The molecule has 0 aliphatic heterocycles. The van der Waals surface area contributed by atoms with E-state index in [-0.39, 0.29) is 17.6 Å². The zero-order chi connectivity index (χ0) is 19.4. The molecule has 1 atom stereocenters. The molecule has 0 saturated heterocycles. The lowest BCUT2D eigenvalue weighted by atomic mass is 10.0. The lowest BCUT2D eigenvalue weighted by molar-refractivity contribution is 0.473. The van der Waals surface area contributed by atoms with Crippen LogP contribution in [0, 0.1) is 0 Å². The third kappa shape index (κ3) is 3.95. The van der Waals surface area contributed by atoms with Gasteiger partial charge in [-0.1, -0.05) is 42.5 Å². The van der Waals surface area contributed by atoms with E-state index >= 15 is 0 Å². The lowest BCUT2D eigenvalue weighted by Gasteiger charge is -2.12. The molecular weight excluding hydrogens is 338 g/mol. The molecule has 0 saturated carbocycles. The fourth-order valence-electron chi connectivity index (χ4n) is 2.86. The molecule has 0 radical (unpaired) electrons. The first-order chi connectivity index (χ1) is 13.0. The molecule has 3 rings (SSSR count). The Bertz CT molecular complexity index is 985. The number of benzene rings is 2. The molecule has 0 amide bonds. The molecule has 6 heteroatoms. The first-order valence-corrected chi connectivity index (χ1v) is 8.57. The molecule has 6 nitrogen and oxygen atoms in total. The van der Waals surface area contributed by atoms with Gasteiger partial charge in [-0.05, 0) is 30.7 Å². The highest BCUT2D eigenvalue weighted by molar-refractivity contribution is 5.84. The van der Waals surface area contributed by atoms with Gasteiger partial charge in [-0.25, -0.2) is 0 Å². The van der Waals surface area contributed by atoms with Crippen molar-refractivity contribution in [3.8, 4) is 5.75 Å². The van der Waals surface area contributed by atoms with Crippen LogP contribution < -0.4 is 17.2 Å². The number of allylic oxidation sites excluding steroid dienone is 2. The van der Waals surface area contributed by atoms with Gasteiger partial charge in [0.2, 0.25) is 0 Å². The summed E-state index contributed by atoms with van der Waals surface area (Å²) >= 11 is 0. The fourth-order valence-corrected chi connectivity index (χ4v) is 2.86. The van der Waals surface area contributed by atoms with Crippen molar-refractivity contribution in [2.75, 3.05) is 0 Å². The van der Waals surface area contributed by atoms with Crippen LogP contribution in [0.15, 0.2) is 78.9 Å². The number of nitrogens with zero attached hydrogens (tertiary/aromatic N) is 2. The molecular formula is C21H23N5O. The molecule has 7 N–H and O–H groups in total. The quantitative estimate of drug-likeness (QED) is 0.522. The predicted molar refractivity (Wildman–Crippen MR) is 108 cm³/mol. The van der Waals surface area contributed by atoms with Gasteiger partial charge in [0.1, 0.15) is 11.6 Å². The Balaban J connectivity index is 1.94. The summed E-state index contributed by atoms with van der Waals surface area (Å²) in [4.78, 5) is 0. The summed E-state index contributed by atoms with van der Waals surface area (Å²) < 4.78 is 1.84. The van der Waals surface area contributed by atoms with Crippen LogP contribution >= 0.6 is 0 Å². The Morgan fingerprint density at radius 2 is 1.70 bits per heavy atom. The lowest BCUT2D eigenvalue weighted by Crippen LogP contribution is -2.12. The maximum absolute atomic E-state index is 9.99. The standard InChI is InChI=1S/C21H23N5O/c1-14(15-7-3-2-4-8-15)26-13-16(12-25-26)18(21(23)24)11-19(22)17-9-5-6-10-20(17)27/h2-14,27H,22-24H2,1H3/b19-11-. The van der Waals surface area contributed by atoms with Crippen LogP contribution in [0.4, 0.5) is 0 Å². The molecule has 27 heavy (non-hydrogen) atoms. The van der Waals surface area contributed by atoms with E-state index in [0.717, 1.165) is 11.1 Å². The van der Waals surface area contributed by atoms with E-state index in [2.05, 4.69) is 24.2 Å². The Morgan fingerprint density at radius 3 is 2.37 bits per heavy atom. The van der Waals surface area contributed by atoms with Crippen molar-refractivity contribution in [1.29, 1.82) is 0 Å². The number of phenolic OH excluding ortho intramolecular Hbond substituents is 1. The van der Waals surface area contributed by atoms with Crippen LogP contribution in [-0.4, -0.2) is 14.9 Å². The third-order valence-electron chi connectivity index (χ3n) is 4.42. The largest absolute Gasteiger partial charge is 0.507 e. The summed E-state index contributed by atoms with van der Waals surface area (Å²) in [5, 5.41) is 14.4. The maximum atomic E-state index is 9.99. The minimum Gasteiger partial charge on any atom is -0.507 e. The molecule has 0 spiro atoms. The normalized spacial score (nSPS) is 12.6. The molecule has 2 aromatic carbocycles. The molecule has 0 aliphatic rings. The van der Waals surface area contributed by atoms with Gasteiger partial charge in [0.15, 0.2) is 0 Å². The summed E-state index contributed by atoms with van der Waals surface area (Å²) in [6, 6.07) is 17.0. The van der Waals surface area contributed by atoms with Gasteiger partial charge >= 0.3 is 0 Å². The number of rotatable bonds is 5. The number of hydrogen-bond donors (Lipinski definition) is 4. The number of hydrogen-bond acceptors (Lipinski definition) is 5. The van der Waals surface area contributed by atoms with Gasteiger partial charge < -0.3 is 22.3 Å². The van der Waals surface area contributed by atoms with E-state index in [1.54, 1.807) is 36.5 Å². The molecule has 0 aliphatic carbocycles. The second kappa shape index (κ2) is 7.70. The number of aromatic hydroxyl groups is 1. The summed E-state index contributed by atoms with van der Waals surface area (Å²) in [5.41, 5.74) is 21.3. The van der Waals surface area contributed by atoms with E-state index in [4.69, 9.17) is 17.2 Å². The van der Waals surface area contributed by atoms with Crippen LogP contribution in [0.25, 0.3) is 11.3 Å². The molecule has 1 aromatic heterocycles. The molecule has 3 aromatic rings. The summed E-state index contributed by atoms with van der Waals surface area (Å²) in [6.45, 7) is 2.06. The van der Waals surface area contributed by atoms with Gasteiger partial charge in [-0.15, -0.1) is 0 Å². The molecule has 1 unspecified atom stereocenters. The SMILES string of the molecule is CC(c1ccccc1)n1cc(C(/C=C(\N)c2ccccc2O)=C(N)N)cn1. The number of para-hydroxylation sites is 1. The highest BCUT2D eigenvalue weighted by atomic mass is 16.3. The first kappa shape index (κ1) is 18.1. The van der Waals surface area contributed by atoms with Gasteiger partial charge in [0.25, 0.3) is 0 Å². The summed E-state index contributed by atoms with van der Waals surface area (Å²) in [5.74, 6) is 0.217. The van der Waals surface area contributed by atoms with Crippen molar-refractivity contribution in [3.63, 3.8) is 0 Å². The fraction of sp³-hybridized carbons (Fsp3) is 0.0952. The van der Waals surface area contributed by atoms with Gasteiger partial charge in [0, 0.05) is 28.6 Å². The second-order valence-corrected chi connectivity index (χ2v) is 6.28. The number of aromatic nitrogens is 2. The van der Waals surface area contributed by atoms with Crippen LogP contribution in [-0.2, 0) is 0 Å². The Kier molecular flexibility index (Phi) is 5.17. The van der Waals surface area contributed by atoms with E-state index in [9.17, 15) is 5.11 Å². The van der Waals surface area contributed by atoms with E-state index in [0.29, 0.717) is 16.8 Å². The highest BCUT2D eigenvalue weighted by Gasteiger charge is 2.13. The van der Waals surface area contributed by atoms with E-state index in [1.807, 2.05) is 29.1 Å². The van der Waals surface area contributed by atoms with Crippen molar-refractivity contribution in [1.82, 2.24) is 9.78 Å². The van der Waals surface area contributed by atoms with Crippen LogP contribution in [0.1, 0.15) is 29.7 Å². The van der Waals surface area contributed by atoms with Crippen LogP contribution in [0.2, 0.25) is 0 Å². The second-order valence-electron chi connectivity index (χ2n) is 6.28. The molecule has 0 fully saturated rings. The average Bonchev–Trinajstić information content (AvgIpc) is 3.16. The Hall–Kier alpha value is -3.67. The van der Waals surface area contributed by atoms with Crippen molar-refractivity contribution >= 4 is 11.3 Å². The topological polar surface area (TPSA) is 116 Å². The molecule has 138 valence electrons. The highest BCUT2D eigenvalue weighted by Crippen LogP contribution is 2.26. The molecule has 0 bridgehead atoms. The Labute approximate surface area is 158 Å². The van der Waals surface area contributed by atoms with Gasteiger partial charge in [-0.2, -0.15) is 5.10 Å². The van der Waals surface area contributed by atoms with Crippen LogP contribution in [0.5, 0.6) is 5.75 Å². The first-order valence-electron chi connectivity index (χ1n) is 8.57. The number of phenols is 1. The van der Waals surface area contributed by atoms with Gasteiger partial charge in [-0.3, -0.25) is 4.68 Å². The number of nitrogens with two attached hydrogens (primary N) is 3. The zero-order valence-corrected chi connectivity index (χ0v) is 15.1. The monoisotopic (exact) mass is 361 g/mol. The van der Waals surface area contributed by atoms with E-state index < -0.39 is 0 Å². The molecule has 1 heterocycles. The van der Waals surface area contributed by atoms with Crippen molar-refractivity contribution in [2.45, 2.75) is 13.0 Å². The predicted octanol–water partition coefficient (Wildman–Crippen LogP) is 2.78. The smallest absolute Gasteiger partial charge is 0.124 e. The minimum absolute atomic E-state index is 0.0553. The van der Waals surface area contributed by atoms with Crippen molar-refractivity contribution in [3.05, 3.63) is 95.6 Å². The summed E-state index contributed by atoms with van der Waals surface area (Å²) in [6.07, 6.45) is 5.23. The van der Waals surface area contributed by atoms with Crippen LogP contribution in [0.3, 0.4) is 0 Å². The van der Waals surface area contributed by atoms with Gasteiger partial charge in [0.05, 0.1) is 12.2 Å². The van der Waals surface area contributed by atoms with E-state index in [1.165, 1.54) is 0 Å². The van der Waals surface area contributed by atoms with Crippen molar-refractivity contribution < 1.29 is 5.11 Å². The van der Waals surface area contributed by atoms with Crippen molar-refractivity contribution in [2.24, 2.45) is 17.2 Å². The minimum atomic E-state index is 0.0553.